The van der Waals surface area contributed by atoms with E-state index in [2.05, 4.69) is 20.3 Å². The third-order valence-corrected chi connectivity index (χ3v) is 5.09. The molecule has 0 aliphatic carbocycles. The highest BCUT2D eigenvalue weighted by Gasteiger charge is 2.28. The van der Waals surface area contributed by atoms with Crippen molar-refractivity contribution in [3.8, 4) is 11.3 Å². The molecule has 31 heavy (non-hydrogen) atoms. The van der Waals surface area contributed by atoms with Crippen LogP contribution in [0.3, 0.4) is 0 Å². The summed E-state index contributed by atoms with van der Waals surface area (Å²) in [4.78, 5) is 25.2. The zero-order valence-electron chi connectivity index (χ0n) is 17.6. The van der Waals surface area contributed by atoms with Gasteiger partial charge in [0.25, 0.3) is 5.91 Å². The Balaban J connectivity index is 1.69. The smallest absolute Gasteiger partial charge is 0.269 e. The van der Waals surface area contributed by atoms with Crippen molar-refractivity contribution >= 4 is 36.1 Å². The summed E-state index contributed by atoms with van der Waals surface area (Å²) >= 11 is 0. The number of pyridine rings is 1. The molecule has 3 aromatic heterocycles. The van der Waals surface area contributed by atoms with Crippen molar-refractivity contribution in [3.63, 3.8) is 0 Å². The Bertz CT molecular complexity index is 1250. The molecule has 0 aliphatic heterocycles. The van der Waals surface area contributed by atoms with E-state index >= 15 is 0 Å². The van der Waals surface area contributed by atoms with Gasteiger partial charge in [-0.2, -0.15) is 5.10 Å². The van der Waals surface area contributed by atoms with Crippen molar-refractivity contribution in [1.29, 1.82) is 0 Å². The van der Waals surface area contributed by atoms with Crippen LogP contribution in [0, 0.1) is 6.92 Å². The van der Waals surface area contributed by atoms with Crippen LogP contribution in [0.5, 0.6) is 0 Å². The molecule has 0 aliphatic rings. The van der Waals surface area contributed by atoms with Crippen LogP contribution in [0.15, 0.2) is 48.9 Å². The van der Waals surface area contributed by atoms with Crippen molar-refractivity contribution in [2.45, 2.75) is 26.3 Å². The maximum atomic E-state index is 12.5. The molecular weight excluding hydrogens is 389 g/mol. The first-order valence-electron chi connectivity index (χ1n) is 9.83. The van der Waals surface area contributed by atoms with Gasteiger partial charge in [-0.3, -0.25) is 9.78 Å². The molecule has 3 heterocycles. The Hall–Kier alpha value is -3.75. The molecule has 4 rings (SSSR count). The van der Waals surface area contributed by atoms with Crippen LogP contribution in [-0.2, 0) is 5.54 Å². The Labute approximate surface area is 181 Å². The highest BCUT2D eigenvalue weighted by molar-refractivity contribution is 6.32. The summed E-state index contributed by atoms with van der Waals surface area (Å²) in [6, 6.07) is 11.3. The van der Waals surface area contributed by atoms with Gasteiger partial charge < -0.3 is 11.1 Å². The number of nitrogens with zero attached hydrogens (tertiary/aromatic N) is 5. The largest absolute Gasteiger partial charge is 0.383 e. The molecule has 0 fully saturated rings. The summed E-state index contributed by atoms with van der Waals surface area (Å²) in [5, 5.41) is 8.44. The predicted molar refractivity (Wildman–Crippen MR) is 121 cm³/mol. The Morgan fingerprint density at radius 1 is 1.13 bits per heavy atom. The molecule has 0 saturated heterocycles. The Morgan fingerprint density at radius 3 is 2.55 bits per heavy atom. The lowest BCUT2D eigenvalue weighted by Gasteiger charge is -2.26. The molecule has 3 N–H and O–H groups in total. The van der Waals surface area contributed by atoms with Crippen LogP contribution in [0.2, 0.25) is 0 Å². The third-order valence-electron chi connectivity index (χ3n) is 5.09. The monoisotopic (exact) mass is 411 g/mol. The van der Waals surface area contributed by atoms with Crippen molar-refractivity contribution < 1.29 is 4.79 Å². The second kappa shape index (κ2) is 7.83. The molecule has 4 aromatic rings. The van der Waals surface area contributed by atoms with Crippen LogP contribution in [0.1, 0.15) is 29.9 Å². The van der Waals surface area contributed by atoms with Crippen LogP contribution in [0.25, 0.3) is 22.3 Å². The SMILES string of the molecule is [B]c1ccc(C(=O)NCC(C)(C)n2nc(-c3ccc(C)cc3)c3c(N)ncnc32)nc1. The number of aromatic nitrogens is 5. The van der Waals surface area contributed by atoms with E-state index in [1.54, 1.807) is 16.8 Å². The molecule has 154 valence electrons. The first-order valence-corrected chi connectivity index (χ1v) is 9.83. The molecule has 0 bridgehead atoms. The lowest BCUT2D eigenvalue weighted by atomic mass is 9.99. The summed E-state index contributed by atoms with van der Waals surface area (Å²) in [5.41, 5.74) is 9.76. The van der Waals surface area contributed by atoms with Gasteiger partial charge in [-0.05, 0) is 26.8 Å². The van der Waals surface area contributed by atoms with E-state index in [1.165, 1.54) is 12.5 Å². The minimum absolute atomic E-state index is 0.294. The van der Waals surface area contributed by atoms with E-state index in [4.69, 9.17) is 18.7 Å². The number of fused-ring (bicyclic) bond motifs is 1. The second-order valence-corrected chi connectivity index (χ2v) is 8.06. The average molecular weight is 411 g/mol. The standard InChI is InChI=1S/C22H22BN7O/c1-13-4-6-14(7-5-13)18-17-19(24)27-12-28-20(17)30(29-18)22(2,3)11-26-21(31)16-9-8-15(23)10-25-16/h4-10,12H,11H2,1-3H3,(H,26,31)(H2,24,27,28). The van der Waals surface area contributed by atoms with Gasteiger partial charge in [-0.25, -0.2) is 14.6 Å². The summed E-state index contributed by atoms with van der Waals surface area (Å²) in [7, 11) is 5.64. The molecular formula is C22H22BN7O. The first-order chi connectivity index (χ1) is 14.8. The number of amides is 1. The normalized spacial score (nSPS) is 11.6. The number of anilines is 1. The zero-order valence-corrected chi connectivity index (χ0v) is 17.6. The fourth-order valence-electron chi connectivity index (χ4n) is 3.31. The quantitative estimate of drug-likeness (QED) is 0.484. The topological polar surface area (TPSA) is 112 Å². The highest BCUT2D eigenvalue weighted by atomic mass is 16.1. The van der Waals surface area contributed by atoms with Gasteiger partial charge in [-0.15, -0.1) is 0 Å². The van der Waals surface area contributed by atoms with Gasteiger partial charge in [0.05, 0.1) is 10.9 Å². The Morgan fingerprint density at radius 2 is 1.87 bits per heavy atom. The number of aryl methyl sites for hydroxylation is 1. The lowest BCUT2D eigenvalue weighted by molar-refractivity contribution is 0.0931. The number of benzene rings is 1. The number of nitrogens with one attached hydrogen (secondary N) is 1. The van der Waals surface area contributed by atoms with Gasteiger partial charge >= 0.3 is 0 Å². The van der Waals surface area contributed by atoms with E-state index in [9.17, 15) is 4.79 Å². The molecule has 0 saturated carbocycles. The van der Waals surface area contributed by atoms with E-state index in [1.807, 2.05) is 45.0 Å². The van der Waals surface area contributed by atoms with Crippen molar-refractivity contribution in [2.75, 3.05) is 12.3 Å². The van der Waals surface area contributed by atoms with Crippen molar-refractivity contribution in [2.24, 2.45) is 0 Å². The highest BCUT2D eigenvalue weighted by Crippen LogP contribution is 2.32. The second-order valence-electron chi connectivity index (χ2n) is 8.06. The molecule has 2 radical (unpaired) electrons. The van der Waals surface area contributed by atoms with E-state index in [0.717, 1.165) is 11.1 Å². The summed E-state index contributed by atoms with van der Waals surface area (Å²) in [5.74, 6) is 0.0650. The molecule has 8 nitrogen and oxygen atoms in total. The minimum Gasteiger partial charge on any atom is -0.383 e. The number of nitrogens with two attached hydrogens (primary N) is 1. The van der Waals surface area contributed by atoms with E-state index in [-0.39, 0.29) is 5.91 Å². The Kier molecular flexibility index (Phi) is 5.18. The van der Waals surface area contributed by atoms with Gasteiger partial charge in [0.2, 0.25) is 0 Å². The molecule has 1 amide bonds. The number of carbonyl (C=O) groups excluding carboxylic acids is 1. The summed E-state index contributed by atoms with van der Waals surface area (Å²) in [6.45, 7) is 6.26. The number of nitrogen functional groups attached to an aromatic ring is 1. The number of hydrogen-bond acceptors (Lipinski definition) is 6. The van der Waals surface area contributed by atoms with Gasteiger partial charge in [0.15, 0.2) is 5.65 Å². The lowest BCUT2D eigenvalue weighted by Crippen LogP contribution is -2.41. The molecule has 0 spiro atoms. The summed E-state index contributed by atoms with van der Waals surface area (Å²) < 4.78 is 1.78. The van der Waals surface area contributed by atoms with Crippen LogP contribution in [-0.4, -0.2) is 45.0 Å². The van der Waals surface area contributed by atoms with E-state index < -0.39 is 5.54 Å². The van der Waals surface area contributed by atoms with Gasteiger partial charge in [-0.1, -0.05) is 41.4 Å². The minimum atomic E-state index is -0.606. The molecule has 0 unspecified atom stereocenters. The van der Waals surface area contributed by atoms with Crippen LogP contribution < -0.4 is 16.5 Å². The number of rotatable bonds is 5. The first kappa shape index (κ1) is 20.5. The third kappa shape index (κ3) is 3.99. The molecule has 0 atom stereocenters. The average Bonchev–Trinajstić information content (AvgIpc) is 3.15. The zero-order chi connectivity index (χ0) is 22.2. The van der Waals surface area contributed by atoms with Crippen molar-refractivity contribution in [1.82, 2.24) is 30.0 Å². The fraction of sp³-hybridized carbons (Fsp3) is 0.227. The maximum absolute atomic E-state index is 12.5. The van der Waals surface area contributed by atoms with Gasteiger partial charge in [0.1, 0.15) is 31.4 Å². The molecule has 1 aromatic carbocycles. The fourth-order valence-corrected chi connectivity index (χ4v) is 3.31. The number of carbonyl (C=O) groups is 1. The van der Waals surface area contributed by atoms with Crippen LogP contribution >= 0.6 is 0 Å². The van der Waals surface area contributed by atoms with Crippen molar-refractivity contribution in [3.05, 3.63) is 60.2 Å². The van der Waals surface area contributed by atoms with Gasteiger partial charge in [0, 0.05) is 18.3 Å². The van der Waals surface area contributed by atoms with E-state index in [0.29, 0.717) is 40.2 Å². The van der Waals surface area contributed by atoms with Crippen LogP contribution in [0.4, 0.5) is 5.82 Å². The molecule has 9 heteroatoms. The maximum Gasteiger partial charge on any atom is 0.269 e. The number of hydrogen-bond donors (Lipinski definition) is 2. The summed E-state index contributed by atoms with van der Waals surface area (Å²) in [6.07, 6.45) is 2.87. The predicted octanol–water partition coefficient (Wildman–Crippen LogP) is 1.74.